The molecular weight excluding hydrogens is 304 g/mol. The minimum absolute atomic E-state index is 0.0331. The quantitative estimate of drug-likeness (QED) is 0.170. The Bertz CT molecular complexity index is 244. The van der Waals surface area contributed by atoms with Crippen molar-refractivity contribution in [2.45, 2.75) is 110 Å². The Kier molecular flexibility index (Phi) is 19.7. The van der Waals surface area contributed by atoms with E-state index >= 15 is 0 Å². The molecule has 0 heterocycles. The number of esters is 1. The summed E-state index contributed by atoms with van der Waals surface area (Å²) in [4.78, 5) is 11.2. The molecule has 3 heteroatoms. The lowest BCUT2D eigenvalue weighted by atomic mass is 10.0. The van der Waals surface area contributed by atoms with Crippen molar-refractivity contribution in [1.82, 2.24) is 0 Å². The van der Waals surface area contributed by atoms with E-state index in [0.717, 1.165) is 12.2 Å². The fourth-order valence-electron chi connectivity index (χ4n) is 2.91. The van der Waals surface area contributed by atoms with Crippen molar-refractivity contribution in [2.75, 3.05) is 12.4 Å². The summed E-state index contributed by atoms with van der Waals surface area (Å²) in [5, 5.41) is 0. The monoisotopic (exact) mass is 344 g/mol. The van der Waals surface area contributed by atoms with Crippen LogP contribution in [0.5, 0.6) is 0 Å². The molecular formula is C20H40O2S. The number of ether oxygens (including phenoxy) is 1. The molecule has 0 saturated heterocycles. The first kappa shape index (κ1) is 22.8. The zero-order valence-electron chi connectivity index (χ0n) is 15.5. The number of unbranched alkanes of at least 4 members (excludes halogenated alkanes) is 14. The topological polar surface area (TPSA) is 26.3 Å². The van der Waals surface area contributed by atoms with Crippen molar-refractivity contribution in [2.24, 2.45) is 0 Å². The van der Waals surface area contributed by atoms with Gasteiger partial charge < -0.3 is 4.74 Å². The Balaban J connectivity index is 3.01. The fraction of sp³-hybridized carbons (Fsp3) is 0.950. The summed E-state index contributed by atoms with van der Waals surface area (Å²) >= 11 is 4.24. The van der Waals surface area contributed by atoms with E-state index in [1.807, 2.05) is 6.92 Å². The Morgan fingerprint density at radius 2 is 1.00 bits per heavy atom. The molecule has 0 aliphatic carbocycles. The molecule has 0 aromatic heterocycles. The van der Waals surface area contributed by atoms with Crippen LogP contribution >= 0.6 is 12.6 Å². The summed E-state index contributed by atoms with van der Waals surface area (Å²) < 4.78 is 4.92. The van der Waals surface area contributed by atoms with E-state index < -0.39 is 0 Å². The number of carbonyl (C=O) groups excluding carboxylic acids is 1. The van der Waals surface area contributed by atoms with Gasteiger partial charge in [0.25, 0.3) is 0 Å². The summed E-state index contributed by atoms with van der Waals surface area (Å²) in [6, 6.07) is 0. The number of hydrogen-bond donors (Lipinski definition) is 1. The first-order chi connectivity index (χ1) is 11.3. The Morgan fingerprint density at radius 3 is 1.35 bits per heavy atom. The molecule has 0 rings (SSSR count). The van der Waals surface area contributed by atoms with Gasteiger partial charge in [-0.3, -0.25) is 4.79 Å². The second-order valence-corrected chi connectivity index (χ2v) is 7.03. The molecule has 0 aromatic rings. The summed E-state index contributed by atoms with van der Waals surface area (Å²) in [6.07, 6.45) is 20.7. The van der Waals surface area contributed by atoms with Crippen LogP contribution < -0.4 is 0 Å². The van der Waals surface area contributed by atoms with E-state index in [0.29, 0.717) is 13.0 Å². The van der Waals surface area contributed by atoms with E-state index in [1.54, 1.807) is 0 Å². The van der Waals surface area contributed by atoms with Crippen molar-refractivity contribution < 1.29 is 9.53 Å². The zero-order valence-corrected chi connectivity index (χ0v) is 16.4. The number of thiol groups is 1. The first-order valence-electron chi connectivity index (χ1n) is 10.1. The summed E-state index contributed by atoms with van der Waals surface area (Å²) in [6.45, 7) is 2.37. The maximum Gasteiger partial charge on any atom is 0.305 e. The van der Waals surface area contributed by atoms with Crippen LogP contribution in [0.2, 0.25) is 0 Å². The van der Waals surface area contributed by atoms with Crippen LogP contribution in [0.25, 0.3) is 0 Å². The van der Waals surface area contributed by atoms with Crippen molar-refractivity contribution in [1.29, 1.82) is 0 Å². The second kappa shape index (κ2) is 19.9. The van der Waals surface area contributed by atoms with E-state index in [9.17, 15) is 4.79 Å². The van der Waals surface area contributed by atoms with Crippen LogP contribution in [0.4, 0.5) is 0 Å². The third kappa shape index (κ3) is 19.8. The van der Waals surface area contributed by atoms with Crippen molar-refractivity contribution >= 4 is 18.6 Å². The second-order valence-electron chi connectivity index (χ2n) is 6.58. The average Bonchev–Trinajstić information content (AvgIpc) is 2.54. The molecule has 0 radical (unpaired) electrons. The molecule has 0 spiro atoms. The molecule has 0 fully saturated rings. The van der Waals surface area contributed by atoms with Gasteiger partial charge in [0.2, 0.25) is 0 Å². The molecule has 2 nitrogen and oxygen atoms in total. The maximum atomic E-state index is 11.2. The van der Waals surface area contributed by atoms with Gasteiger partial charge in [-0.05, 0) is 25.5 Å². The third-order valence-corrected chi connectivity index (χ3v) is 4.66. The molecule has 0 saturated carbocycles. The number of carbonyl (C=O) groups is 1. The SMILES string of the molecule is CCOC(=O)CCCCCCCCCCCCCCCCCS. The van der Waals surface area contributed by atoms with Gasteiger partial charge in [-0.2, -0.15) is 12.6 Å². The minimum Gasteiger partial charge on any atom is -0.466 e. The van der Waals surface area contributed by atoms with Crippen LogP contribution in [0.15, 0.2) is 0 Å². The lowest BCUT2D eigenvalue weighted by molar-refractivity contribution is -0.143. The molecule has 0 atom stereocenters. The van der Waals surface area contributed by atoms with Gasteiger partial charge in [0.1, 0.15) is 0 Å². The molecule has 0 amide bonds. The predicted molar refractivity (Wildman–Crippen MR) is 104 cm³/mol. The average molecular weight is 345 g/mol. The number of rotatable bonds is 18. The zero-order chi connectivity index (χ0) is 17.0. The molecule has 0 aliphatic heterocycles. The van der Waals surface area contributed by atoms with Gasteiger partial charge in [0, 0.05) is 6.42 Å². The summed E-state index contributed by atoms with van der Waals surface area (Å²) in [7, 11) is 0. The Morgan fingerprint density at radius 1 is 0.652 bits per heavy atom. The van der Waals surface area contributed by atoms with Gasteiger partial charge >= 0.3 is 5.97 Å². The standard InChI is InChI=1S/C20H40O2S/c1-2-22-20(21)18-16-14-12-10-8-6-4-3-5-7-9-11-13-15-17-19-23/h23H,2-19H2,1H3. The van der Waals surface area contributed by atoms with Crippen molar-refractivity contribution in [3.8, 4) is 0 Å². The lowest BCUT2D eigenvalue weighted by Gasteiger charge is -2.04. The van der Waals surface area contributed by atoms with Gasteiger partial charge in [0.15, 0.2) is 0 Å². The van der Waals surface area contributed by atoms with Gasteiger partial charge in [-0.15, -0.1) is 0 Å². The van der Waals surface area contributed by atoms with E-state index in [4.69, 9.17) is 4.74 Å². The van der Waals surface area contributed by atoms with Crippen LogP contribution in [0.1, 0.15) is 110 Å². The Hall–Kier alpha value is -0.180. The van der Waals surface area contributed by atoms with E-state index in [2.05, 4.69) is 12.6 Å². The molecule has 0 aliphatic rings. The number of hydrogen-bond acceptors (Lipinski definition) is 3. The summed E-state index contributed by atoms with van der Waals surface area (Å²) in [5.74, 6) is 1.01. The smallest absolute Gasteiger partial charge is 0.305 e. The summed E-state index contributed by atoms with van der Waals surface area (Å²) in [5.41, 5.74) is 0. The van der Waals surface area contributed by atoms with E-state index in [-0.39, 0.29) is 5.97 Å². The fourth-order valence-corrected chi connectivity index (χ4v) is 3.14. The minimum atomic E-state index is -0.0331. The highest BCUT2D eigenvalue weighted by Crippen LogP contribution is 2.13. The van der Waals surface area contributed by atoms with Crippen LogP contribution in [-0.4, -0.2) is 18.3 Å². The highest BCUT2D eigenvalue weighted by atomic mass is 32.1. The molecule has 0 bridgehead atoms. The molecule has 0 aromatic carbocycles. The molecule has 138 valence electrons. The third-order valence-electron chi connectivity index (χ3n) is 4.34. The molecule has 0 N–H and O–H groups in total. The van der Waals surface area contributed by atoms with Crippen LogP contribution in [-0.2, 0) is 9.53 Å². The van der Waals surface area contributed by atoms with E-state index in [1.165, 1.54) is 89.9 Å². The van der Waals surface area contributed by atoms with Gasteiger partial charge in [-0.1, -0.05) is 83.5 Å². The van der Waals surface area contributed by atoms with Crippen molar-refractivity contribution in [3.63, 3.8) is 0 Å². The Labute approximate surface area is 150 Å². The van der Waals surface area contributed by atoms with Gasteiger partial charge in [-0.25, -0.2) is 0 Å². The predicted octanol–water partition coefficient (Wildman–Crippen LogP) is 6.72. The highest BCUT2D eigenvalue weighted by molar-refractivity contribution is 7.80. The molecule has 0 unspecified atom stereocenters. The first-order valence-corrected chi connectivity index (χ1v) is 10.7. The van der Waals surface area contributed by atoms with Crippen LogP contribution in [0, 0.1) is 0 Å². The molecule has 23 heavy (non-hydrogen) atoms. The van der Waals surface area contributed by atoms with Crippen LogP contribution in [0.3, 0.4) is 0 Å². The lowest BCUT2D eigenvalue weighted by Crippen LogP contribution is -2.03. The normalized spacial score (nSPS) is 10.9. The maximum absolute atomic E-state index is 11.2. The van der Waals surface area contributed by atoms with Gasteiger partial charge in [0.05, 0.1) is 6.61 Å². The highest BCUT2D eigenvalue weighted by Gasteiger charge is 2.00. The largest absolute Gasteiger partial charge is 0.466 e. The van der Waals surface area contributed by atoms with Crippen molar-refractivity contribution in [3.05, 3.63) is 0 Å².